The normalized spacial score (nSPS) is 11.9. The molecular weight excluding hydrogens is 314 g/mol. The average molecular weight is 335 g/mol. The summed E-state index contributed by atoms with van der Waals surface area (Å²) in [5, 5.41) is 16.5. The highest BCUT2D eigenvalue weighted by Crippen LogP contribution is 2.25. The molecule has 3 aromatic rings. The van der Waals surface area contributed by atoms with Gasteiger partial charge in [-0.05, 0) is 18.1 Å². The zero-order valence-electron chi connectivity index (χ0n) is 14.1. The van der Waals surface area contributed by atoms with E-state index in [-0.39, 0.29) is 18.6 Å². The van der Waals surface area contributed by atoms with Gasteiger partial charge in [-0.15, -0.1) is 0 Å². The van der Waals surface area contributed by atoms with Gasteiger partial charge in [0.05, 0.1) is 11.7 Å². The van der Waals surface area contributed by atoms with E-state index in [1.807, 2.05) is 60.7 Å². The first-order valence-electron chi connectivity index (χ1n) is 8.24. The van der Waals surface area contributed by atoms with Gasteiger partial charge in [-0.2, -0.15) is 5.10 Å². The zero-order valence-corrected chi connectivity index (χ0v) is 14.1. The van der Waals surface area contributed by atoms with E-state index in [0.29, 0.717) is 12.1 Å². The minimum Gasteiger partial charge on any atom is -0.396 e. The summed E-state index contributed by atoms with van der Waals surface area (Å²) in [6.45, 7) is 0.00935. The van der Waals surface area contributed by atoms with Crippen molar-refractivity contribution in [3.8, 4) is 11.3 Å². The number of carbonyl (C=O) groups excluding carboxylic acids is 1. The predicted molar refractivity (Wildman–Crippen MR) is 97.0 cm³/mol. The Morgan fingerprint density at radius 2 is 1.76 bits per heavy atom. The molecule has 5 heteroatoms. The van der Waals surface area contributed by atoms with Crippen LogP contribution in [0.2, 0.25) is 0 Å². The van der Waals surface area contributed by atoms with Crippen molar-refractivity contribution in [2.24, 2.45) is 0 Å². The lowest BCUT2D eigenvalue weighted by molar-refractivity contribution is 0.0699. The molecule has 0 fully saturated rings. The Balaban J connectivity index is 1.83. The Hall–Kier alpha value is -2.92. The zero-order chi connectivity index (χ0) is 17.6. The summed E-state index contributed by atoms with van der Waals surface area (Å²) >= 11 is 0. The topological polar surface area (TPSA) is 69.2 Å². The van der Waals surface area contributed by atoms with Gasteiger partial charge < -0.3 is 10.0 Å². The van der Waals surface area contributed by atoms with E-state index in [0.717, 1.165) is 16.8 Å². The first kappa shape index (κ1) is 16.9. The molecule has 0 saturated carbocycles. The van der Waals surface area contributed by atoms with E-state index in [9.17, 15) is 9.90 Å². The summed E-state index contributed by atoms with van der Waals surface area (Å²) in [4.78, 5) is 14.5. The molecule has 128 valence electrons. The molecule has 2 N–H and O–H groups in total. The maximum Gasteiger partial charge on any atom is 0.272 e. The number of hydrogen-bond donors (Lipinski definition) is 2. The van der Waals surface area contributed by atoms with Crippen molar-refractivity contribution >= 4 is 5.91 Å². The Morgan fingerprint density at radius 3 is 2.40 bits per heavy atom. The molecule has 3 rings (SSSR count). The highest BCUT2D eigenvalue weighted by molar-refractivity contribution is 5.93. The molecule has 1 amide bonds. The first-order chi connectivity index (χ1) is 12.2. The van der Waals surface area contributed by atoms with Crippen LogP contribution in [0.3, 0.4) is 0 Å². The second-order valence-electron chi connectivity index (χ2n) is 5.89. The lowest BCUT2D eigenvalue weighted by Crippen LogP contribution is -2.32. The van der Waals surface area contributed by atoms with Crippen LogP contribution in [0.1, 0.15) is 28.5 Å². The highest BCUT2D eigenvalue weighted by atomic mass is 16.3. The molecule has 1 aromatic heterocycles. The largest absolute Gasteiger partial charge is 0.396 e. The smallest absolute Gasteiger partial charge is 0.272 e. The summed E-state index contributed by atoms with van der Waals surface area (Å²) < 4.78 is 0. The maximum atomic E-state index is 12.9. The van der Waals surface area contributed by atoms with Gasteiger partial charge in [0.2, 0.25) is 0 Å². The van der Waals surface area contributed by atoms with E-state index in [4.69, 9.17) is 0 Å². The van der Waals surface area contributed by atoms with Crippen LogP contribution in [0.15, 0.2) is 66.7 Å². The number of nitrogens with one attached hydrogen (secondary N) is 1. The lowest BCUT2D eigenvalue weighted by Gasteiger charge is -2.27. The molecular formula is C20H21N3O2. The van der Waals surface area contributed by atoms with Gasteiger partial charge in [-0.3, -0.25) is 9.89 Å². The van der Waals surface area contributed by atoms with Crippen molar-refractivity contribution in [1.29, 1.82) is 0 Å². The van der Waals surface area contributed by atoms with Gasteiger partial charge in [0.1, 0.15) is 5.69 Å². The number of aliphatic hydroxyl groups excluding tert-OH is 1. The van der Waals surface area contributed by atoms with Crippen LogP contribution in [0.25, 0.3) is 11.3 Å². The van der Waals surface area contributed by atoms with Gasteiger partial charge in [-0.25, -0.2) is 0 Å². The van der Waals surface area contributed by atoms with Gasteiger partial charge in [0, 0.05) is 19.2 Å². The third kappa shape index (κ3) is 3.78. The molecule has 2 aromatic carbocycles. The number of H-pyrrole nitrogens is 1. The van der Waals surface area contributed by atoms with Crippen molar-refractivity contribution in [2.75, 3.05) is 13.7 Å². The Bertz CT molecular complexity index is 815. The van der Waals surface area contributed by atoms with Crippen LogP contribution in [-0.2, 0) is 0 Å². The van der Waals surface area contributed by atoms with Crippen molar-refractivity contribution in [3.05, 3.63) is 78.0 Å². The minimum atomic E-state index is -0.192. The molecule has 0 aliphatic heterocycles. The third-order valence-electron chi connectivity index (χ3n) is 4.25. The Kier molecular flexibility index (Phi) is 5.26. The summed E-state index contributed by atoms with van der Waals surface area (Å²) in [5.74, 6) is -0.156. The fourth-order valence-electron chi connectivity index (χ4n) is 2.90. The SMILES string of the molecule is CN(C(=O)c1cc(-c2ccccc2)n[nH]1)C(CCO)c1ccccc1. The van der Waals surface area contributed by atoms with Crippen LogP contribution in [0.5, 0.6) is 0 Å². The second kappa shape index (κ2) is 7.77. The van der Waals surface area contributed by atoms with Crippen LogP contribution < -0.4 is 0 Å². The van der Waals surface area contributed by atoms with Crippen LogP contribution in [0, 0.1) is 0 Å². The number of amides is 1. The predicted octanol–water partition coefficient (Wildman–Crippen LogP) is 3.27. The Morgan fingerprint density at radius 1 is 1.12 bits per heavy atom. The van der Waals surface area contributed by atoms with Crippen molar-refractivity contribution in [3.63, 3.8) is 0 Å². The third-order valence-corrected chi connectivity index (χ3v) is 4.25. The van der Waals surface area contributed by atoms with E-state index >= 15 is 0 Å². The minimum absolute atomic E-state index is 0.00935. The van der Waals surface area contributed by atoms with E-state index < -0.39 is 0 Å². The summed E-state index contributed by atoms with van der Waals surface area (Å²) in [6.07, 6.45) is 0.478. The van der Waals surface area contributed by atoms with Gasteiger partial charge >= 0.3 is 0 Å². The van der Waals surface area contributed by atoms with Crippen molar-refractivity contribution in [1.82, 2.24) is 15.1 Å². The number of hydrogen-bond acceptors (Lipinski definition) is 3. The number of rotatable bonds is 6. The summed E-state index contributed by atoms with van der Waals surface area (Å²) in [7, 11) is 1.75. The fraction of sp³-hybridized carbons (Fsp3) is 0.200. The first-order valence-corrected chi connectivity index (χ1v) is 8.24. The molecule has 0 spiro atoms. The van der Waals surface area contributed by atoms with Crippen molar-refractivity contribution in [2.45, 2.75) is 12.5 Å². The maximum absolute atomic E-state index is 12.9. The van der Waals surface area contributed by atoms with Gasteiger partial charge in [-0.1, -0.05) is 60.7 Å². The molecule has 0 radical (unpaired) electrons. The van der Waals surface area contributed by atoms with E-state index in [1.54, 1.807) is 18.0 Å². The van der Waals surface area contributed by atoms with Crippen LogP contribution >= 0.6 is 0 Å². The van der Waals surface area contributed by atoms with Gasteiger partial charge in [0.25, 0.3) is 5.91 Å². The number of carbonyl (C=O) groups is 1. The molecule has 0 bridgehead atoms. The quantitative estimate of drug-likeness (QED) is 0.726. The van der Waals surface area contributed by atoms with Crippen molar-refractivity contribution < 1.29 is 9.90 Å². The Labute approximate surface area is 146 Å². The molecule has 25 heavy (non-hydrogen) atoms. The number of aromatic amines is 1. The number of aliphatic hydroxyl groups is 1. The summed E-state index contributed by atoms with van der Waals surface area (Å²) in [6, 6.07) is 21.0. The number of nitrogens with zero attached hydrogens (tertiary/aromatic N) is 2. The number of benzene rings is 2. The molecule has 1 atom stereocenters. The van der Waals surface area contributed by atoms with Crippen LogP contribution in [-0.4, -0.2) is 39.8 Å². The van der Waals surface area contributed by atoms with E-state index in [1.165, 1.54) is 0 Å². The molecule has 0 aliphatic carbocycles. The summed E-state index contributed by atoms with van der Waals surface area (Å²) in [5.41, 5.74) is 3.11. The standard InChI is InChI=1S/C20H21N3O2/c1-23(19(12-13-24)16-10-6-3-7-11-16)20(25)18-14-17(21-22-18)15-8-4-2-5-9-15/h2-11,14,19,24H,12-13H2,1H3,(H,21,22). The number of aromatic nitrogens is 2. The molecule has 5 nitrogen and oxygen atoms in total. The second-order valence-corrected chi connectivity index (χ2v) is 5.89. The average Bonchev–Trinajstić information content (AvgIpc) is 3.16. The molecule has 0 aliphatic rings. The lowest BCUT2D eigenvalue weighted by atomic mass is 10.0. The fourth-order valence-corrected chi connectivity index (χ4v) is 2.90. The molecule has 1 unspecified atom stereocenters. The van der Waals surface area contributed by atoms with Gasteiger partial charge in [0.15, 0.2) is 0 Å². The highest BCUT2D eigenvalue weighted by Gasteiger charge is 2.23. The van der Waals surface area contributed by atoms with E-state index in [2.05, 4.69) is 10.2 Å². The van der Waals surface area contributed by atoms with Crippen LogP contribution in [0.4, 0.5) is 0 Å². The monoisotopic (exact) mass is 335 g/mol. The molecule has 0 saturated heterocycles. The molecule has 1 heterocycles.